The number of anilines is 1. The zero-order chi connectivity index (χ0) is 22.3. The van der Waals surface area contributed by atoms with Gasteiger partial charge < -0.3 is 21.4 Å². The first-order chi connectivity index (χ1) is 15.7. The predicted octanol–water partition coefficient (Wildman–Crippen LogP) is 5.03. The topological polar surface area (TPSA) is 72.8 Å². The van der Waals surface area contributed by atoms with Gasteiger partial charge in [0, 0.05) is 48.4 Å². The molecule has 2 heterocycles. The third-order valence-corrected chi connectivity index (χ3v) is 10.4. The number of nitrogens with one attached hydrogen (secondary N) is 4. The van der Waals surface area contributed by atoms with Crippen molar-refractivity contribution in [1.29, 1.82) is 5.41 Å². The molecule has 1 saturated carbocycles. The second kappa shape index (κ2) is 11.4. The lowest BCUT2D eigenvalue weighted by Gasteiger charge is -2.29. The summed E-state index contributed by atoms with van der Waals surface area (Å²) >= 11 is 1.87. The van der Waals surface area contributed by atoms with Gasteiger partial charge in [0.1, 0.15) is 6.67 Å². The molecule has 32 heavy (non-hydrogen) atoms. The van der Waals surface area contributed by atoms with Crippen LogP contribution >= 0.6 is 19.3 Å². The van der Waals surface area contributed by atoms with E-state index in [1.54, 1.807) is 6.20 Å². The number of aromatic nitrogens is 1. The van der Waals surface area contributed by atoms with Crippen LogP contribution in [0.4, 0.5) is 10.1 Å². The van der Waals surface area contributed by atoms with E-state index in [9.17, 15) is 4.39 Å². The van der Waals surface area contributed by atoms with Gasteiger partial charge in [-0.15, -0.1) is 11.3 Å². The minimum Gasteiger partial charge on any atom is -0.387 e. The van der Waals surface area contributed by atoms with Gasteiger partial charge in [0.05, 0.1) is 15.6 Å². The zero-order valence-electron chi connectivity index (χ0n) is 18.7. The van der Waals surface area contributed by atoms with Crippen molar-refractivity contribution >= 4 is 36.5 Å². The summed E-state index contributed by atoms with van der Waals surface area (Å²) in [6, 6.07) is 7.21. The van der Waals surface area contributed by atoms with Gasteiger partial charge in [0.25, 0.3) is 0 Å². The van der Waals surface area contributed by atoms with Gasteiger partial charge in [0.15, 0.2) is 0 Å². The van der Waals surface area contributed by atoms with Crippen molar-refractivity contribution in [2.24, 2.45) is 0 Å². The molecule has 0 amide bonds. The number of thiazole rings is 1. The van der Waals surface area contributed by atoms with E-state index in [-0.39, 0.29) is 14.5 Å². The second-order valence-corrected chi connectivity index (χ2v) is 12.0. The molecule has 1 saturated heterocycles. The second-order valence-electron chi connectivity index (χ2n) is 8.48. The van der Waals surface area contributed by atoms with Crippen LogP contribution in [0.1, 0.15) is 43.0 Å². The number of alkyl halides is 1. The summed E-state index contributed by atoms with van der Waals surface area (Å²) in [4.78, 5) is 6.13. The third-order valence-electron chi connectivity index (χ3n) is 6.41. The molecule has 1 aromatic carbocycles. The average molecular weight is 474 g/mol. The number of halogens is 1. The van der Waals surface area contributed by atoms with Crippen LogP contribution in [0.5, 0.6) is 0 Å². The van der Waals surface area contributed by atoms with Gasteiger partial charge >= 0.3 is 0 Å². The van der Waals surface area contributed by atoms with Crippen molar-refractivity contribution in [2.75, 3.05) is 37.9 Å². The zero-order valence-corrected chi connectivity index (χ0v) is 20.4. The van der Waals surface area contributed by atoms with E-state index in [1.165, 1.54) is 71.4 Å². The number of hydrogen-bond donors (Lipinski definition) is 4. The number of benzene rings is 1. The van der Waals surface area contributed by atoms with Crippen molar-refractivity contribution in [1.82, 2.24) is 15.6 Å². The molecule has 172 valence electrons. The Morgan fingerprint density at radius 2 is 2.09 bits per heavy atom. The first kappa shape index (κ1) is 23.3. The minimum atomic E-state index is -0.432. The van der Waals surface area contributed by atoms with E-state index < -0.39 is 6.67 Å². The summed E-state index contributed by atoms with van der Waals surface area (Å²) in [7, 11) is 1.94. The van der Waals surface area contributed by atoms with Gasteiger partial charge in [0.2, 0.25) is 0 Å². The Labute approximate surface area is 195 Å². The van der Waals surface area contributed by atoms with Crippen LogP contribution in [0.3, 0.4) is 0 Å². The summed E-state index contributed by atoms with van der Waals surface area (Å²) in [5, 5.41) is 20.0. The molecule has 1 aromatic heterocycles. The van der Waals surface area contributed by atoms with Crippen molar-refractivity contribution in [3.05, 3.63) is 41.3 Å². The van der Waals surface area contributed by atoms with E-state index in [0.717, 1.165) is 5.69 Å². The molecule has 2 aliphatic rings. The molecule has 5 nitrogen and oxygen atoms in total. The summed E-state index contributed by atoms with van der Waals surface area (Å²) in [6.07, 6.45) is 13.8. The van der Waals surface area contributed by atoms with Gasteiger partial charge in [-0.05, 0) is 68.9 Å². The van der Waals surface area contributed by atoms with Crippen LogP contribution in [0, 0.1) is 5.41 Å². The Morgan fingerprint density at radius 3 is 2.75 bits per heavy atom. The van der Waals surface area contributed by atoms with Crippen molar-refractivity contribution < 1.29 is 4.39 Å². The Hall–Kier alpha value is -1.82. The molecule has 0 radical (unpaired) electrons. The molecule has 2 aromatic rings. The molecule has 0 bridgehead atoms. The monoisotopic (exact) mass is 473 g/mol. The van der Waals surface area contributed by atoms with Crippen molar-refractivity contribution in [3.8, 4) is 10.4 Å². The third kappa shape index (κ3) is 5.56. The van der Waals surface area contributed by atoms with Crippen LogP contribution in [-0.4, -0.2) is 49.8 Å². The van der Waals surface area contributed by atoms with Crippen LogP contribution in [0.25, 0.3) is 10.4 Å². The highest BCUT2D eigenvalue weighted by Gasteiger charge is 2.26. The van der Waals surface area contributed by atoms with Gasteiger partial charge in [-0.2, -0.15) is 0 Å². The molecular formula is C24H33FN5PS. The standard InChI is InChI=1S/C24H33FN5PS/c1-27-18-5-3-17(4-6-18)24-29-16-23(32-24)21-8-7-19(13-22(21)31-11-2-12-31)30-20(14-26)15-28-10-9-25/h7-8,13-18,26-28,30H,2-6,9-12H2,1H3/b20-15+,26-14?. The maximum absolute atomic E-state index is 12.3. The highest BCUT2D eigenvalue weighted by molar-refractivity contribution is 7.67. The normalized spacial score (nSPS) is 21.8. The van der Waals surface area contributed by atoms with E-state index in [1.807, 2.05) is 11.3 Å². The minimum absolute atomic E-state index is 0.121. The molecule has 0 atom stereocenters. The summed E-state index contributed by atoms with van der Waals surface area (Å²) < 4.78 is 12.3. The molecular weight excluding hydrogens is 440 g/mol. The van der Waals surface area contributed by atoms with Crippen molar-refractivity contribution in [3.63, 3.8) is 0 Å². The van der Waals surface area contributed by atoms with Gasteiger partial charge in [-0.3, -0.25) is 0 Å². The lowest BCUT2D eigenvalue weighted by Crippen LogP contribution is -2.29. The molecule has 1 aliphatic carbocycles. The molecule has 1 aliphatic heterocycles. The highest BCUT2D eigenvalue weighted by atomic mass is 32.1. The van der Waals surface area contributed by atoms with Gasteiger partial charge in [-0.25, -0.2) is 9.37 Å². The summed E-state index contributed by atoms with van der Waals surface area (Å²) in [5.41, 5.74) is 2.92. The first-order valence-electron chi connectivity index (χ1n) is 11.5. The number of allylic oxidation sites excluding steroid dienone is 1. The smallest absolute Gasteiger partial charge is 0.107 e. The molecule has 4 rings (SSSR count). The van der Waals surface area contributed by atoms with Gasteiger partial charge in [-0.1, -0.05) is 14.0 Å². The lowest BCUT2D eigenvalue weighted by molar-refractivity contribution is 0.358. The molecule has 2 fully saturated rings. The fourth-order valence-corrected chi connectivity index (χ4v) is 7.56. The maximum atomic E-state index is 12.3. The number of hydrogen-bond acceptors (Lipinski definition) is 6. The fourth-order valence-electron chi connectivity index (χ4n) is 4.38. The van der Waals surface area contributed by atoms with E-state index in [2.05, 4.69) is 47.4 Å². The lowest BCUT2D eigenvalue weighted by atomic mass is 9.86. The fraction of sp³-hybridized carbons (Fsp3) is 0.500. The molecule has 8 heteroatoms. The van der Waals surface area contributed by atoms with E-state index in [0.29, 0.717) is 17.7 Å². The van der Waals surface area contributed by atoms with Crippen LogP contribution in [0.2, 0.25) is 0 Å². The average Bonchev–Trinajstić information content (AvgIpc) is 3.28. The summed E-state index contributed by atoms with van der Waals surface area (Å²) in [6.45, 7) is -0.183. The summed E-state index contributed by atoms with van der Waals surface area (Å²) in [5.74, 6) is 0.592. The Balaban J connectivity index is 1.53. The highest BCUT2D eigenvalue weighted by Crippen LogP contribution is 2.48. The van der Waals surface area contributed by atoms with E-state index >= 15 is 0 Å². The maximum Gasteiger partial charge on any atom is 0.107 e. The molecule has 4 N–H and O–H groups in total. The van der Waals surface area contributed by atoms with Crippen LogP contribution in [0.15, 0.2) is 36.3 Å². The SMILES string of the molecule is CNC1CCC(c2ncc(-c3ccc(N/C(C=N)=C/NCCF)cc3P3CCC3)s2)CC1. The van der Waals surface area contributed by atoms with Crippen LogP contribution < -0.4 is 21.3 Å². The number of rotatable bonds is 10. The molecule has 0 unspecified atom stereocenters. The number of nitrogens with zero attached hydrogens (tertiary/aromatic N) is 1. The van der Waals surface area contributed by atoms with Crippen molar-refractivity contribution in [2.45, 2.75) is 44.1 Å². The predicted molar refractivity (Wildman–Crippen MR) is 137 cm³/mol. The Kier molecular flexibility index (Phi) is 8.28. The first-order valence-corrected chi connectivity index (χ1v) is 14.0. The van der Waals surface area contributed by atoms with Crippen LogP contribution in [-0.2, 0) is 0 Å². The largest absolute Gasteiger partial charge is 0.387 e. The Bertz CT molecular complexity index is 934. The molecule has 0 spiro atoms. The van der Waals surface area contributed by atoms with E-state index in [4.69, 9.17) is 10.4 Å². The quantitative estimate of drug-likeness (QED) is 0.222. The Morgan fingerprint density at radius 1 is 1.28 bits per heavy atom.